The summed E-state index contributed by atoms with van der Waals surface area (Å²) in [5.74, 6) is -1.31. The van der Waals surface area contributed by atoms with Crippen LogP contribution in [0.4, 0.5) is 0 Å². The molecule has 3 rings (SSSR count). The summed E-state index contributed by atoms with van der Waals surface area (Å²) < 4.78 is 0. The first-order valence-corrected chi connectivity index (χ1v) is 6.11. The normalized spacial score (nSPS) is 14.0. The maximum absolute atomic E-state index is 12.1. The number of hydrogen-bond donors (Lipinski definition) is 2. The van der Waals surface area contributed by atoms with E-state index in [-0.39, 0.29) is 17.1 Å². The molecule has 1 heterocycles. The molecule has 104 valence electrons. The van der Waals surface area contributed by atoms with E-state index < -0.39 is 11.8 Å². The topological polar surface area (TPSA) is 90.2 Å². The number of hydrazone groups is 1. The van der Waals surface area contributed by atoms with Gasteiger partial charge in [0.1, 0.15) is 11.5 Å². The van der Waals surface area contributed by atoms with Crippen molar-refractivity contribution in [2.45, 2.75) is 0 Å². The van der Waals surface area contributed by atoms with Crippen LogP contribution in [0.1, 0.15) is 26.3 Å². The van der Waals surface area contributed by atoms with Crippen LogP contribution in [-0.4, -0.2) is 33.3 Å². The predicted molar refractivity (Wildman–Crippen MR) is 74.3 cm³/mol. The Labute approximate surface area is 119 Å². The van der Waals surface area contributed by atoms with Crippen LogP contribution in [0.25, 0.3) is 0 Å². The minimum Gasteiger partial charge on any atom is -0.508 e. The highest BCUT2D eigenvalue weighted by atomic mass is 16.3. The van der Waals surface area contributed by atoms with Crippen molar-refractivity contribution >= 4 is 18.0 Å². The fourth-order valence-electron chi connectivity index (χ4n) is 2.04. The predicted octanol–water partition coefficient (Wildman–Crippen LogP) is 1.73. The highest BCUT2D eigenvalue weighted by Crippen LogP contribution is 2.24. The third-order valence-electron chi connectivity index (χ3n) is 3.10. The van der Waals surface area contributed by atoms with Gasteiger partial charge in [-0.05, 0) is 24.3 Å². The van der Waals surface area contributed by atoms with Gasteiger partial charge in [-0.3, -0.25) is 9.59 Å². The van der Waals surface area contributed by atoms with E-state index >= 15 is 0 Å². The summed E-state index contributed by atoms with van der Waals surface area (Å²) in [6.07, 6.45) is 1.19. The van der Waals surface area contributed by atoms with E-state index in [2.05, 4.69) is 5.10 Å². The Morgan fingerprint density at radius 2 is 1.57 bits per heavy atom. The van der Waals surface area contributed by atoms with Gasteiger partial charge in [0, 0.05) is 11.6 Å². The van der Waals surface area contributed by atoms with Crippen LogP contribution in [0, 0.1) is 0 Å². The molecule has 1 aliphatic rings. The molecular formula is C15H10N2O4. The molecule has 1 aliphatic heterocycles. The second kappa shape index (κ2) is 4.75. The molecule has 0 aromatic heterocycles. The largest absolute Gasteiger partial charge is 0.508 e. The van der Waals surface area contributed by atoms with Crippen molar-refractivity contribution in [2.24, 2.45) is 5.10 Å². The van der Waals surface area contributed by atoms with Gasteiger partial charge in [0.25, 0.3) is 11.8 Å². The van der Waals surface area contributed by atoms with Crippen molar-refractivity contribution in [3.8, 4) is 11.5 Å². The number of aromatic hydroxyl groups is 2. The Bertz CT molecular complexity index is 748. The molecule has 0 fully saturated rings. The van der Waals surface area contributed by atoms with Crippen LogP contribution >= 0.6 is 0 Å². The number of hydrogen-bond acceptors (Lipinski definition) is 5. The molecule has 21 heavy (non-hydrogen) atoms. The van der Waals surface area contributed by atoms with Crippen LogP contribution in [0.2, 0.25) is 0 Å². The number of amides is 2. The molecule has 0 radical (unpaired) electrons. The number of phenols is 2. The minimum absolute atomic E-state index is 0.0922. The first-order chi connectivity index (χ1) is 10.1. The van der Waals surface area contributed by atoms with E-state index in [1.807, 2.05) is 0 Å². The Morgan fingerprint density at radius 3 is 2.14 bits per heavy atom. The fourth-order valence-corrected chi connectivity index (χ4v) is 2.04. The number of carbonyl (C=O) groups excluding carboxylic acids is 2. The third kappa shape index (κ3) is 2.12. The molecule has 2 aromatic rings. The van der Waals surface area contributed by atoms with Crippen LogP contribution in [0.15, 0.2) is 47.6 Å². The van der Waals surface area contributed by atoms with E-state index in [0.29, 0.717) is 11.1 Å². The van der Waals surface area contributed by atoms with Crippen molar-refractivity contribution in [3.63, 3.8) is 0 Å². The summed E-state index contributed by atoms with van der Waals surface area (Å²) in [5.41, 5.74) is 0.883. The zero-order valence-corrected chi connectivity index (χ0v) is 10.7. The molecule has 2 aromatic carbocycles. The Balaban J connectivity index is 1.91. The average molecular weight is 282 g/mol. The first kappa shape index (κ1) is 12.9. The lowest BCUT2D eigenvalue weighted by Crippen LogP contribution is -2.23. The van der Waals surface area contributed by atoms with Gasteiger partial charge in [-0.25, -0.2) is 0 Å². The first-order valence-electron chi connectivity index (χ1n) is 6.11. The SMILES string of the molecule is O=C1c2ccccc2C(=O)N1/N=C\c1ccc(O)cc1O. The number of rotatable bonds is 2. The molecule has 0 saturated carbocycles. The zero-order valence-electron chi connectivity index (χ0n) is 10.7. The highest BCUT2D eigenvalue weighted by molar-refractivity contribution is 6.21. The van der Waals surface area contributed by atoms with E-state index in [9.17, 15) is 19.8 Å². The Hall–Kier alpha value is -3.15. The van der Waals surface area contributed by atoms with Crippen LogP contribution < -0.4 is 0 Å². The lowest BCUT2D eigenvalue weighted by molar-refractivity contribution is 0.0660. The van der Waals surface area contributed by atoms with Crippen molar-refractivity contribution in [3.05, 3.63) is 59.2 Å². The summed E-state index contributed by atoms with van der Waals surface area (Å²) >= 11 is 0. The van der Waals surface area contributed by atoms with E-state index in [0.717, 1.165) is 11.1 Å². The molecule has 2 amide bonds. The van der Waals surface area contributed by atoms with Gasteiger partial charge in [-0.2, -0.15) is 10.1 Å². The summed E-state index contributed by atoms with van der Waals surface area (Å²) in [7, 11) is 0. The number of imide groups is 1. The fraction of sp³-hybridized carbons (Fsp3) is 0. The monoisotopic (exact) mass is 282 g/mol. The number of benzene rings is 2. The molecule has 0 spiro atoms. The standard InChI is InChI=1S/C15H10N2O4/c18-10-6-5-9(13(19)7-10)8-16-17-14(20)11-3-1-2-4-12(11)15(17)21/h1-8,18-19H/b16-8-. The Kier molecular flexibility index (Phi) is 2.91. The molecule has 0 bridgehead atoms. The third-order valence-corrected chi connectivity index (χ3v) is 3.10. The second-order valence-electron chi connectivity index (χ2n) is 4.46. The molecule has 6 heteroatoms. The van der Waals surface area contributed by atoms with Crippen LogP contribution in [-0.2, 0) is 0 Å². The Morgan fingerprint density at radius 1 is 0.952 bits per heavy atom. The molecule has 0 saturated heterocycles. The summed E-state index contributed by atoms with van der Waals surface area (Å²) in [6.45, 7) is 0. The average Bonchev–Trinajstić information content (AvgIpc) is 2.71. The van der Waals surface area contributed by atoms with E-state index in [4.69, 9.17) is 0 Å². The lowest BCUT2D eigenvalue weighted by atomic mass is 10.1. The minimum atomic E-state index is -0.509. The smallest absolute Gasteiger partial charge is 0.282 e. The van der Waals surface area contributed by atoms with Crippen molar-refractivity contribution in [1.82, 2.24) is 5.01 Å². The molecule has 2 N–H and O–H groups in total. The van der Waals surface area contributed by atoms with E-state index in [1.54, 1.807) is 24.3 Å². The van der Waals surface area contributed by atoms with Gasteiger partial charge in [-0.1, -0.05) is 12.1 Å². The second-order valence-corrected chi connectivity index (χ2v) is 4.46. The van der Waals surface area contributed by atoms with Gasteiger partial charge >= 0.3 is 0 Å². The van der Waals surface area contributed by atoms with Gasteiger partial charge < -0.3 is 10.2 Å². The van der Waals surface area contributed by atoms with Gasteiger partial charge in [-0.15, -0.1) is 0 Å². The van der Waals surface area contributed by atoms with Gasteiger partial charge in [0.05, 0.1) is 17.3 Å². The van der Waals surface area contributed by atoms with Crippen molar-refractivity contribution in [1.29, 1.82) is 0 Å². The summed E-state index contributed by atoms with van der Waals surface area (Å²) in [4.78, 5) is 24.1. The molecule has 0 unspecified atom stereocenters. The van der Waals surface area contributed by atoms with E-state index in [1.165, 1.54) is 18.3 Å². The summed E-state index contributed by atoms with van der Waals surface area (Å²) in [6, 6.07) is 10.4. The molecule has 6 nitrogen and oxygen atoms in total. The maximum Gasteiger partial charge on any atom is 0.282 e. The number of phenolic OH excluding ortho intramolecular Hbond substituents is 2. The van der Waals surface area contributed by atoms with Gasteiger partial charge in [0.2, 0.25) is 0 Å². The summed E-state index contributed by atoms with van der Waals surface area (Å²) in [5, 5.41) is 23.4. The highest BCUT2D eigenvalue weighted by Gasteiger charge is 2.35. The lowest BCUT2D eigenvalue weighted by Gasteiger charge is -2.06. The number of nitrogens with zero attached hydrogens (tertiary/aromatic N) is 2. The molecule has 0 aliphatic carbocycles. The van der Waals surface area contributed by atoms with Crippen molar-refractivity contribution < 1.29 is 19.8 Å². The number of fused-ring (bicyclic) bond motifs is 1. The number of carbonyl (C=O) groups is 2. The van der Waals surface area contributed by atoms with Gasteiger partial charge in [0.15, 0.2) is 0 Å². The quantitative estimate of drug-likeness (QED) is 0.648. The molecular weight excluding hydrogens is 272 g/mol. The zero-order chi connectivity index (χ0) is 15.0. The van der Waals surface area contributed by atoms with Crippen LogP contribution in [0.5, 0.6) is 11.5 Å². The van der Waals surface area contributed by atoms with Crippen LogP contribution in [0.3, 0.4) is 0 Å². The molecule has 0 atom stereocenters. The maximum atomic E-state index is 12.1. The van der Waals surface area contributed by atoms with Crippen molar-refractivity contribution in [2.75, 3.05) is 0 Å².